The van der Waals surface area contributed by atoms with Crippen molar-refractivity contribution in [2.75, 3.05) is 11.9 Å². The molecule has 0 bridgehead atoms. The number of rotatable bonds is 7. The number of amides is 1. The van der Waals surface area contributed by atoms with Crippen molar-refractivity contribution in [3.05, 3.63) is 95.8 Å². The Labute approximate surface area is 212 Å². The summed E-state index contributed by atoms with van der Waals surface area (Å²) in [6.07, 6.45) is 5.17. The maximum absolute atomic E-state index is 14.0. The van der Waals surface area contributed by atoms with Gasteiger partial charge in [0.05, 0.1) is 23.5 Å². The number of hydrogen-bond acceptors (Lipinski definition) is 5. The molecule has 2 N–H and O–H groups in total. The summed E-state index contributed by atoms with van der Waals surface area (Å²) in [4.78, 5) is 19.3. The van der Waals surface area contributed by atoms with E-state index < -0.39 is 5.82 Å². The van der Waals surface area contributed by atoms with Crippen LogP contribution in [0.5, 0.6) is 0 Å². The molecule has 2 atom stereocenters. The summed E-state index contributed by atoms with van der Waals surface area (Å²) in [5, 5.41) is 14.5. The first-order valence-corrected chi connectivity index (χ1v) is 11.9. The highest BCUT2D eigenvalue weighted by Crippen LogP contribution is 2.40. The molecule has 1 fully saturated rings. The molecule has 1 aliphatic heterocycles. The van der Waals surface area contributed by atoms with Crippen molar-refractivity contribution in [1.82, 2.24) is 34.8 Å². The lowest BCUT2D eigenvalue weighted by Crippen LogP contribution is -2.33. The highest BCUT2D eigenvalue weighted by atomic mass is 32.1. The minimum atomic E-state index is -0.473. The van der Waals surface area contributed by atoms with E-state index in [-0.39, 0.29) is 30.1 Å². The average Bonchev–Trinajstić information content (AvgIpc) is 3.58. The Bertz CT molecular complexity index is 1390. The van der Waals surface area contributed by atoms with Crippen LogP contribution in [0.3, 0.4) is 0 Å². The second-order valence-electron chi connectivity index (χ2n) is 8.58. The Hall–Kier alpha value is -4.12. The smallest absolute Gasteiger partial charge is 0.226 e. The largest absolute Gasteiger partial charge is 0.352 e. The van der Waals surface area contributed by atoms with Crippen LogP contribution in [0, 0.1) is 19.7 Å². The summed E-state index contributed by atoms with van der Waals surface area (Å²) < 4.78 is 17.8. The molecule has 0 saturated carbocycles. The number of aromatic nitrogens is 5. The molecule has 184 valence electrons. The SMILES string of the molecule is Cc1cc([C@H]2[C@H](c3ccccn3)NC(=S)N2CCC(=O)Nc2ccccc2F)c(C)n1-n1cnnc1. The highest BCUT2D eigenvalue weighted by Gasteiger charge is 2.41. The second kappa shape index (κ2) is 9.86. The van der Waals surface area contributed by atoms with Gasteiger partial charge in [0.1, 0.15) is 18.5 Å². The molecule has 3 aromatic heterocycles. The summed E-state index contributed by atoms with van der Waals surface area (Å²) in [6.45, 7) is 4.39. The van der Waals surface area contributed by atoms with Crippen LogP contribution in [-0.4, -0.2) is 47.0 Å². The van der Waals surface area contributed by atoms with Crippen LogP contribution in [0.15, 0.2) is 67.4 Å². The number of para-hydroxylation sites is 1. The predicted molar refractivity (Wildman–Crippen MR) is 137 cm³/mol. The van der Waals surface area contributed by atoms with Crippen molar-refractivity contribution >= 4 is 28.9 Å². The van der Waals surface area contributed by atoms with E-state index in [1.54, 1.807) is 31.0 Å². The van der Waals surface area contributed by atoms with Crippen LogP contribution in [0.4, 0.5) is 10.1 Å². The maximum Gasteiger partial charge on any atom is 0.226 e. The van der Waals surface area contributed by atoms with Gasteiger partial charge in [0, 0.05) is 36.1 Å². The zero-order valence-electron chi connectivity index (χ0n) is 19.8. The van der Waals surface area contributed by atoms with Crippen molar-refractivity contribution in [2.45, 2.75) is 32.4 Å². The van der Waals surface area contributed by atoms with Gasteiger partial charge in [-0.05, 0) is 56.4 Å². The minimum absolute atomic E-state index is 0.131. The van der Waals surface area contributed by atoms with Crippen molar-refractivity contribution in [1.29, 1.82) is 0 Å². The van der Waals surface area contributed by atoms with Crippen LogP contribution < -0.4 is 10.6 Å². The van der Waals surface area contributed by atoms with Crippen molar-refractivity contribution in [3.8, 4) is 0 Å². The van der Waals surface area contributed by atoms with E-state index in [2.05, 4.69) is 31.9 Å². The number of carbonyl (C=O) groups excluding carboxylic acids is 1. The molecular weight excluding hydrogens is 479 g/mol. The van der Waals surface area contributed by atoms with Crippen LogP contribution in [0.1, 0.15) is 41.1 Å². The monoisotopic (exact) mass is 504 g/mol. The molecule has 9 nitrogen and oxygen atoms in total. The summed E-state index contributed by atoms with van der Waals surface area (Å²) in [5.41, 5.74) is 4.03. The van der Waals surface area contributed by atoms with E-state index in [0.29, 0.717) is 11.7 Å². The zero-order chi connectivity index (χ0) is 25.2. The third-order valence-electron chi connectivity index (χ3n) is 6.32. The molecule has 0 aliphatic carbocycles. The number of benzene rings is 1. The van der Waals surface area contributed by atoms with Gasteiger partial charge in [-0.15, -0.1) is 10.2 Å². The molecule has 0 spiro atoms. The van der Waals surface area contributed by atoms with Gasteiger partial charge in [-0.1, -0.05) is 18.2 Å². The molecule has 0 radical (unpaired) electrons. The molecule has 5 rings (SSSR count). The van der Waals surface area contributed by atoms with Gasteiger partial charge in [-0.2, -0.15) is 0 Å². The molecular formula is C25H25FN8OS. The molecule has 11 heteroatoms. The molecule has 1 amide bonds. The third kappa shape index (κ3) is 4.44. The number of carbonyl (C=O) groups is 1. The number of aryl methyl sites for hydroxylation is 1. The van der Waals surface area contributed by atoms with Gasteiger partial charge in [0.25, 0.3) is 0 Å². The first-order valence-electron chi connectivity index (χ1n) is 11.5. The number of nitrogens with one attached hydrogen (secondary N) is 2. The van der Waals surface area contributed by atoms with Crippen molar-refractivity contribution in [3.63, 3.8) is 0 Å². The van der Waals surface area contributed by atoms with Crippen LogP contribution in [-0.2, 0) is 4.79 Å². The Balaban J connectivity index is 1.46. The number of hydrogen-bond donors (Lipinski definition) is 2. The van der Waals surface area contributed by atoms with Gasteiger partial charge < -0.3 is 15.5 Å². The van der Waals surface area contributed by atoms with Crippen molar-refractivity contribution in [2.24, 2.45) is 0 Å². The molecule has 1 aromatic carbocycles. The Morgan fingerprint density at radius 2 is 1.89 bits per heavy atom. The Morgan fingerprint density at radius 3 is 2.61 bits per heavy atom. The van der Waals surface area contributed by atoms with E-state index in [1.807, 2.05) is 46.3 Å². The fraction of sp³-hybridized carbons (Fsp3) is 0.240. The van der Waals surface area contributed by atoms with Crippen LogP contribution in [0.2, 0.25) is 0 Å². The van der Waals surface area contributed by atoms with E-state index in [0.717, 1.165) is 22.6 Å². The normalized spacial score (nSPS) is 17.3. The number of pyridine rings is 1. The van der Waals surface area contributed by atoms with E-state index in [4.69, 9.17) is 12.2 Å². The maximum atomic E-state index is 14.0. The number of anilines is 1. The summed E-state index contributed by atoms with van der Waals surface area (Å²) in [5.74, 6) is -0.767. The highest BCUT2D eigenvalue weighted by molar-refractivity contribution is 7.80. The Morgan fingerprint density at radius 1 is 1.14 bits per heavy atom. The lowest BCUT2D eigenvalue weighted by atomic mass is 9.96. The number of thiocarbonyl (C=S) groups is 1. The van der Waals surface area contributed by atoms with E-state index in [9.17, 15) is 9.18 Å². The average molecular weight is 505 g/mol. The first-order chi connectivity index (χ1) is 17.4. The number of halogens is 1. The lowest BCUT2D eigenvalue weighted by molar-refractivity contribution is -0.116. The first kappa shape index (κ1) is 23.6. The molecule has 4 aromatic rings. The van der Waals surface area contributed by atoms with E-state index in [1.165, 1.54) is 12.1 Å². The third-order valence-corrected chi connectivity index (χ3v) is 6.67. The molecule has 1 saturated heterocycles. The van der Waals surface area contributed by atoms with Gasteiger partial charge in [-0.25, -0.2) is 9.07 Å². The summed E-state index contributed by atoms with van der Waals surface area (Å²) in [6, 6.07) is 13.5. The molecule has 36 heavy (non-hydrogen) atoms. The Kier molecular flexibility index (Phi) is 6.47. The van der Waals surface area contributed by atoms with Gasteiger partial charge in [0.15, 0.2) is 5.11 Å². The quantitative estimate of drug-likeness (QED) is 0.372. The number of nitrogens with zero attached hydrogens (tertiary/aromatic N) is 6. The lowest BCUT2D eigenvalue weighted by Gasteiger charge is -2.28. The fourth-order valence-corrected chi connectivity index (χ4v) is 5.04. The van der Waals surface area contributed by atoms with Gasteiger partial charge in [0.2, 0.25) is 5.91 Å². The van der Waals surface area contributed by atoms with Crippen molar-refractivity contribution < 1.29 is 9.18 Å². The van der Waals surface area contributed by atoms with Gasteiger partial charge in [-0.3, -0.25) is 14.5 Å². The minimum Gasteiger partial charge on any atom is -0.352 e. The van der Waals surface area contributed by atoms with Crippen LogP contribution >= 0.6 is 12.2 Å². The predicted octanol–water partition coefficient (Wildman–Crippen LogP) is 3.54. The second-order valence-corrected chi connectivity index (χ2v) is 8.96. The zero-order valence-corrected chi connectivity index (χ0v) is 20.6. The topological polar surface area (TPSA) is 92.9 Å². The standard InChI is InChI=1S/C25H25FN8OS/c1-16-13-18(17(2)34(16)32-14-28-29-15-32)24-23(21-9-5-6-11-27-21)31-25(36)33(24)12-10-22(35)30-20-8-4-3-7-19(20)26/h3-9,11,13-15,23-24H,10,12H2,1-2H3,(H,30,35)(H,31,36)/t23-,24-/m0/s1. The van der Waals surface area contributed by atoms with E-state index >= 15 is 0 Å². The summed E-state index contributed by atoms with van der Waals surface area (Å²) >= 11 is 5.72. The molecule has 0 unspecified atom stereocenters. The molecule has 4 heterocycles. The van der Waals surface area contributed by atoms with Gasteiger partial charge >= 0.3 is 0 Å². The van der Waals surface area contributed by atoms with Crippen LogP contribution in [0.25, 0.3) is 0 Å². The molecule has 1 aliphatic rings. The fourth-order valence-electron chi connectivity index (χ4n) is 4.71. The summed E-state index contributed by atoms with van der Waals surface area (Å²) in [7, 11) is 0.